The van der Waals surface area contributed by atoms with Crippen molar-refractivity contribution in [1.29, 1.82) is 0 Å². The Kier molecular flexibility index (Phi) is 6.09. The zero-order chi connectivity index (χ0) is 20.9. The first-order chi connectivity index (χ1) is 14.6. The molecule has 0 unspecified atom stereocenters. The van der Waals surface area contributed by atoms with Crippen molar-refractivity contribution in [2.45, 2.75) is 12.8 Å². The molecule has 0 spiro atoms. The lowest BCUT2D eigenvalue weighted by Crippen LogP contribution is -2.50. The van der Waals surface area contributed by atoms with Crippen molar-refractivity contribution in [3.05, 3.63) is 60.2 Å². The molecule has 2 aliphatic rings. The number of piperazine rings is 1. The van der Waals surface area contributed by atoms with Gasteiger partial charge in [-0.3, -0.25) is 19.3 Å². The number of hydrogen-bond donors (Lipinski definition) is 1. The topological polar surface area (TPSA) is 73.0 Å². The van der Waals surface area contributed by atoms with E-state index >= 15 is 0 Å². The molecule has 0 aromatic heterocycles. The number of hydrogen-bond acceptors (Lipinski definition) is 4. The fourth-order valence-electron chi connectivity index (χ4n) is 3.94. The van der Waals surface area contributed by atoms with E-state index in [1.165, 1.54) is 0 Å². The van der Waals surface area contributed by atoms with Crippen molar-refractivity contribution in [3.63, 3.8) is 0 Å². The molecule has 156 valence electrons. The fourth-order valence-corrected chi connectivity index (χ4v) is 3.94. The van der Waals surface area contributed by atoms with Gasteiger partial charge in [-0.25, -0.2) is 0 Å². The minimum atomic E-state index is -0.0519. The molecule has 1 N–H and O–H groups in total. The van der Waals surface area contributed by atoms with E-state index in [0.717, 1.165) is 17.8 Å². The Morgan fingerprint density at radius 1 is 0.900 bits per heavy atom. The molecule has 0 radical (unpaired) electrons. The first-order valence-corrected chi connectivity index (χ1v) is 10.4. The average Bonchev–Trinajstić information content (AvgIpc) is 3.20. The third-order valence-corrected chi connectivity index (χ3v) is 5.56. The Morgan fingerprint density at radius 2 is 1.67 bits per heavy atom. The standard InChI is InChI=1S/C23H26N4O3/c28-21(24-19-7-2-1-3-8-19)17-25-12-14-26(15-13-25)23(30)18-6-4-9-20(16-18)27-11-5-10-22(27)29/h1-4,6-9,16H,5,10-15,17H2,(H,24,28). The van der Waals surface area contributed by atoms with Gasteiger partial charge in [0.1, 0.15) is 0 Å². The van der Waals surface area contributed by atoms with Gasteiger partial charge in [0.05, 0.1) is 6.54 Å². The van der Waals surface area contributed by atoms with E-state index < -0.39 is 0 Å². The van der Waals surface area contributed by atoms with Crippen molar-refractivity contribution >= 4 is 29.1 Å². The molecule has 0 atom stereocenters. The highest BCUT2D eigenvalue weighted by atomic mass is 16.2. The van der Waals surface area contributed by atoms with Gasteiger partial charge in [0.15, 0.2) is 0 Å². The highest BCUT2D eigenvalue weighted by Gasteiger charge is 2.25. The van der Waals surface area contributed by atoms with Gasteiger partial charge in [-0.2, -0.15) is 0 Å². The van der Waals surface area contributed by atoms with Crippen LogP contribution in [0.1, 0.15) is 23.2 Å². The predicted octanol–water partition coefficient (Wildman–Crippen LogP) is 2.21. The molecule has 2 heterocycles. The van der Waals surface area contributed by atoms with Gasteiger partial charge in [-0.15, -0.1) is 0 Å². The largest absolute Gasteiger partial charge is 0.336 e. The minimum Gasteiger partial charge on any atom is -0.336 e. The van der Waals surface area contributed by atoms with Crippen molar-refractivity contribution < 1.29 is 14.4 Å². The van der Waals surface area contributed by atoms with Crippen LogP contribution in [0.3, 0.4) is 0 Å². The van der Waals surface area contributed by atoms with Gasteiger partial charge in [0, 0.05) is 56.1 Å². The Hall–Kier alpha value is -3.19. The second-order valence-electron chi connectivity index (χ2n) is 7.68. The van der Waals surface area contributed by atoms with E-state index in [1.807, 2.05) is 53.4 Å². The molecule has 2 saturated heterocycles. The maximum absolute atomic E-state index is 12.9. The van der Waals surface area contributed by atoms with Gasteiger partial charge >= 0.3 is 0 Å². The van der Waals surface area contributed by atoms with E-state index in [9.17, 15) is 14.4 Å². The molecule has 4 rings (SSSR count). The zero-order valence-electron chi connectivity index (χ0n) is 16.9. The van der Waals surface area contributed by atoms with Crippen LogP contribution in [-0.4, -0.2) is 66.8 Å². The SMILES string of the molecule is O=C(CN1CCN(C(=O)c2cccc(N3CCCC3=O)c2)CC1)Nc1ccccc1. The maximum Gasteiger partial charge on any atom is 0.254 e. The second kappa shape index (κ2) is 9.09. The highest BCUT2D eigenvalue weighted by molar-refractivity contribution is 5.99. The molecule has 2 fully saturated rings. The molecule has 0 aliphatic carbocycles. The summed E-state index contributed by atoms with van der Waals surface area (Å²) in [4.78, 5) is 42.8. The molecule has 2 aliphatic heterocycles. The van der Waals surface area contributed by atoms with E-state index in [1.54, 1.807) is 11.0 Å². The van der Waals surface area contributed by atoms with E-state index in [2.05, 4.69) is 10.2 Å². The Balaban J connectivity index is 1.30. The van der Waals surface area contributed by atoms with Crippen molar-refractivity contribution in [1.82, 2.24) is 9.80 Å². The molecular weight excluding hydrogens is 380 g/mol. The first-order valence-electron chi connectivity index (χ1n) is 10.4. The van der Waals surface area contributed by atoms with Gasteiger partial charge in [-0.1, -0.05) is 24.3 Å². The second-order valence-corrected chi connectivity index (χ2v) is 7.68. The average molecular weight is 406 g/mol. The number of carbonyl (C=O) groups excluding carboxylic acids is 3. The normalized spacial score (nSPS) is 17.3. The molecule has 30 heavy (non-hydrogen) atoms. The number of benzene rings is 2. The Labute approximate surface area is 176 Å². The first kappa shape index (κ1) is 20.1. The molecule has 7 nitrogen and oxygen atoms in total. The number of carbonyl (C=O) groups is 3. The number of nitrogens with zero attached hydrogens (tertiary/aromatic N) is 3. The Bertz CT molecular complexity index is 923. The lowest BCUT2D eigenvalue weighted by Gasteiger charge is -2.34. The number of nitrogens with one attached hydrogen (secondary N) is 1. The van der Waals surface area contributed by atoms with E-state index in [0.29, 0.717) is 51.3 Å². The molecule has 0 bridgehead atoms. The van der Waals surface area contributed by atoms with Crippen LogP contribution >= 0.6 is 0 Å². The summed E-state index contributed by atoms with van der Waals surface area (Å²) in [5.41, 5.74) is 2.18. The summed E-state index contributed by atoms with van der Waals surface area (Å²) in [5.74, 6) is 0.0304. The number of para-hydroxylation sites is 1. The summed E-state index contributed by atoms with van der Waals surface area (Å²) in [5, 5.41) is 2.89. The summed E-state index contributed by atoms with van der Waals surface area (Å²) in [6, 6.07) is 16.7. The van der Waals surface area contributed by atoms with E-state index in [-0.39, 0.29) is 17.7 Å². The van der Waals surface area contributed by atoms with Crippen LogP contribution in [0.15, 0.2) is 54.6 Å². The van der Waals surface area contributed by atoms with Crippen LogP contribution in [0.25, 0.3) is 0 Å². The maximum atomic E-state index is 12.9. The number of rotatable bonds is 5. The van der Waals surface area contributed by atoms with Crippen molar-refractivity contribution in [3.8, 4) is 0 Å². The lowest BCUT2D eigenvalue weighted by atomic mass is 10.1. The third kappa shape index (κ3) is 4.68. The van der Waals surface area contributed by atoms with Gasteiger partial charge < -0.3 is 15.1 Å². The Morgan fingerprint density at radius 3 is 2.37 bits per heavy atom. The molecule has 0 saturated carbocycles. The molecule has 3 amide bonds. The summed E-state index contributed by atoms with van der Waals surface area (Å²) in [7, 11) is 0. The van der Waals surface area contributed by atoms with Crippen LogP contribution in [0.5, 0.6) is 0 Å². The summed E-state index contributed by atoms with van der Waals surface area (Å²) >= 11 is 0. The van der Waals surface area contributed by atoms with Crippen LogP contribution < -0.4 is 10.2 Å². The summed E-state index contributed by atoms with van der Waals surface area (Å²) < 4.78 is 0. The third-order valence-electron chi connectivity index (χ3n) is 5.56. The molecule has 2 aromatic rings. The van der Waals surface area contributed by atoms with Crippen LogP contribution in [0.2, 0.25) is 0 Å². The minimum absolute atomic E-state index is 0.0307. The fraction of sp³-hybridized carbons (Fsp3) is 0.348. The van der Waals surface area contributed by atoms with Crippen molar-refractivity contribution in [2.75, 3.05) is 49.5 Å². The van der Waals surface area contributed by atoms with E-state index in [4.69, 9.17) is 0 Å². The van der Waals surface area contributed by atoms with Gasteiger partial charge in [-0.05, 0) is 36.8 Å². The van der Waals surface area contributed by atoms with Crippen LogP contribution in [0, 0.1) is 0 Å². The summed E-state index contributed by atoms with van der Waals surface area (Å²) in [6.45, 7) is 3.47. The quantitative estimate of drug-likeness (QED) is 0.826. The zero-order valence-corrected chi connectivity index (χ0v) is 16.9. The monoisotopic (exact) mass is 406 g/mol. The number of amides is 3. The van der Waals surface area contributed by atoms with Gasteiger partial charge in [0.25, 0.3) is 5.91 Å². The molecule has 7 heteroatoms. The highest BCUT2D eigenvalue weighted by Crippen LogP contribution is 2.23. The number of anilines is 2. The van der Waals surface area contributed by atoms with Crippen LogP contribution in [-0.2, 0) is 9.59 Å². The molecular formula is C23H26N4O3. The predicted molar refractivity (Wildman–Crippen MR) is 115 cm³/mol. The van der Waals surface area contributed by atoms with Crippen LogP contribution in [0.4, 0.5) is 11.4 Å². The van der Waals surface area contributed by atoms with Gasteiger partial charge in [0.2, 0.25) is 11.8 Å². The summed E-state index contributed by atoms with van der Waals surface area (Å²) in [6.07, 6.45) is 1.43. The van der Waals surface area contributed by atoms with Crippen molar-refractivity contribution in [2.24, 2.45) is 0 Å². The lowest BCUT2D eigenvalue weighted by molar-refractivity contribution is -0.118. The molecule has 2 aromatic carbocycles. The smallest absolute Gasteiger partial charge is 0.254 e.